The molecule has 152 valence electrons. The van der Waals surface area contributed by atoms with Gasteiger partial charge in [0.2, 0.25) is 5.91 Å². The van der Waals surface area contributed by atoms with Crippen molar-refractivity contribution in [2.75, 3.05) is 25.4 Å². The largest absolute Gasteiger partial charge is 0.493 e. The maximum atomic E-state index is 11.6. The van der Waals surface area contributed by atoms with Crippen LogP contribution < -0.4 is 14.8 Å². The molecule has 1 atom stereocenters. The van der Waals surface area contributed by atoms with Gasteiger partial charge in [-0.05, 0) is 49.8 Å². The van der Waals surface area contributed by atoms with Crippen LogP contribution in [0.4, 0.5) is 4.79 Å². The van der Waals surface area contributed by atoms with E-state index in [1.54, 1.807) is 16.8 Å². The van der Waals surface area contributed by atoms with E-state index in [9.17, 15) is 9.59 Å². The molecule has 1 aliphatic carbocycles. The van der Waals surface area contributed by atoms with Gasteiger partial charge in [0.1, 0.15) is 5.75 Å². The first kappa shape index (κ1) is 20.7. The van der Waals surface area contributed by atoms with Crippen LogP contribution in [0.25, 0.3) is 0 Å². The van der Waals surface area contributed by atoms with Gasteiger partial charge in [-0.1, -0.05) is 36.2 Å². The first-order valence-corrected chi connectivity index (χ1v) is 10.9. The van der Waals surface area contributed by atoms with Crippen molar-refractivity contribution in [3.05, 3.63) is 42.0 Å². The Morgan fingerprint density at radius 1 is 1.36 bits per heavy atom. The molecule has 1 saturated carbocycles. The van der Waals surface area contributed by atoms with Gasteiger partial charge in [0, 0.05) is 31.3 Å². The van der Waals surface area contributed by atoms with Gasteiger partial charge in [-0.2, -0.15) is 0 Å². The van der Waals surface area contributed by atoms with Crippen LogP contribution in [0.5, 0.6) is 5.75 Å². The summed E-state index contributed by atoms with van der Waals surface area (Å²) in [5, 5.41) is 2.33. The summed E-state index contributed by atoms with van der Waals surface area (Å²) >= 11 is 1.70. The lowest BCUT2D eigenvalue weighted by atomic mass is 10.1. The molecule has 0 bridgehead atoms. The molecule has 28 heavy (non-hydrogen) atoms. The average molecular weight is 404 g/mol. The minimum absolute atomic E-state index is 0.193. The van der Waals surface area contributed by atoms with E-state index < -0.39 is 0 Å². The van der Waals surface area contributed by atoms with E-state index in [0.717, 1.165) is 30.4 Å². The van der Waals surface area contributed by atoms with Crippen molar-refractivity contribution in [1.82, 2.24) is 14.9 Å². The number of amides is 3. The number of carbonyl (C=O) groups excluding carboxylic acids is 2. The Bertz CT molecular complexity index is 706. The molecular formula is C21H29N3O3S. The lowest BCUT2D eigenvalue weighted by Crippen LogP contribution is -2.49. The molecule has 2 fully saturated rings. The van der Waals surface area contributed by atoms with Gasteiger partial charge in [0.15, 0.2) is 0 Å². The average Bonchev–Trinajstić information content (AvgIpc) is 3.51. The Morgan fingerprint density at radius 2 is 2.21 bits per heavy atom. The molecule has 1 aromatic carbocycles. The lowest BCUT2D eigenvalue weighted by molar-refractivity contribution is -0.121. The first-order valence-electron chi connectivity index (χ1n) is 9.95. The second-order valence-corrected chi connectivity index (χ2v) is 8.26. The Kier molecular flexibility index (Phi) is 7.80. The number of urea groups is 1. The van der Waals surface area contributed by atoms with Gasteiger partial charge in [-0.3, -0.25) is 14.8 Å². The Morgan fingerprint density at radius 3 is 3.00 bits per heavy atom. The fourth-order valence-corrected chi connectivity index (χ4v) is 3.60. The summed E-state index contributed by atoms with van der Waals surface area (Å²) in [6.07, 6.45) is 7.96. The fraction of sp³-hybridized carbons (Fsp3) is 0.524. The lowest BCUT2D eigenvalue weighted by Gasteiger charge is -2.25. The zero-order valence-electron chi connectivity index (χ0n) is 16.4. The summed E-state index contributed by atoms with van der Waals surface area (Å²) in [6.45, 7) is 4.02. The quantitative estimate of drug-likeness (QED) is 0.335. The van der Waals surface area contributed by atoms with Crippen LogP contribution in [0.15, 0.2) is 36.4 Å². The highest BCUT2D eigenvalue weighted by atomic mass is 32.2. The zero-order valence-corrected chi connectivity index (χ0v) is 17.2. The molecule has 1 unspecified atom stereocenters. The monoisotopic (exact) mass is 403 g/mol. The molecule has 0 spiro atoms. The number of carbonyl (C=O) groups is 2. The van der Waals surface area contributed by atoms with Crippen LogP contribution in [0.1, 0.15) is 44.2 Å². The van der Waals surface area contributed by atoms with E-state index in [0.29, 0.717) is 19.5 Å². The van der Waals surface area contributed by atoms with Crippen molar-refractivity contribution >= 4 is 23.9 Å². The van der Waals surface area contributed by atoms with E-state index in [2.05, 4.69) is 35.2 Å². The number of allylic oxidation sites excluding steroid dienone is 1. The molecular weight excluding hydrogens is 374 g/mol. The molecule has 3 amide bonds. The fourth-order valence-electron chi connectivity index (χ4n) is 2.84. The van der Waals surface area contributed by atoms with Gasteiger partial charge < -0.3 is 9.64 Å². The summed E-state index contributed by atoms with van der Waals surface area (Å²) in [6, 6.07) is 8.26. The third-order valence-corrected chi connectivity index (χ3v) is 5.78. The first-order chi connectivity index (χ1) is 13.6. The summed E-state index contributed by atoms with van der Waals surface area (Å²) in [7, 11) is 0. The van der Waals surface area contributed by atoms with Gasteiger partial charge in [-0.25, -0.2) is 4.79 Å². The van der Waals surface area contributed by atoms with Crippen molar-refractivity contribution in [1.29, 1.82) is 0 Å². The number of ether oxygens (including phenoxy) is 1. The SMILES string of the molecule is CC(NSCC/C=C/CN1CCC(=O)NC1=O)c1cccc(OCC2CC2)c1. The Labute approximate surface area is 171 Å². The van der Waals surface area contributed by atoms with Crippen molar-refractivity contribution < 1.29 is 14.3 Å². The predicted molar refractivity (Wildman–Crippen MR) is 112 cm³/mol. The summed E-state index contributed by atoms with van der Waals surface area (Å²) in [5.74, 6) is 2.47. The van der Waals surface area contributed by atoms with E-state index in [1.807, 2.05) is 18.2 Å². The van der Waals surface area contributed by atoms with E-state index in [4.69, 9.17) is 4.74 Å². The van der Waals surface area contributed by atoms with Crippen molar-refractivity contribution in [3.8, 4) is 5.75 Å². The summed E-state index contributed by atoms with van der Waals surface area (Å²) < 4.78 is 9.33. The van der Waals surface area contributed by atoms with E-state index >= 15 is 0 Å². The van der Waals surface area contributed by atoms with Crippen LogP contribution in [-0.2, 0) is 4.79 Å². The molecule has 6 nitrogen and oxygen atoms in total. The minimum atomic E-state index is -0.297. The van der Waals surface area contributed by atoms with Crippen molar-refractivity contribution in [2.45, 2.75) is 38.6 Å². The zero-order chi connectivity index (χ0) is 19.8. The highest BCUT2D eigenvalue weighted by Gasteiger charge is 2.22. The second kappa shape index (κ2) is 10.5. The molecule has 1 aromatic rings. The van der Waals surface area contributed by atoms with Crippen LogP contribution >= 0.6 is 11.9 Å². The number of nitrogens with zero attached hydrogens (tertiary/aromatic N) is 1. The van der Waals surface area contributed by atoms with Gasteiger partial charge in [0.25, 0.3) is 0 Å². The molecule has 2 N–H and O–H groups in total. The minimum Gasteiger partial charge on any atom is -0.493 e. The second-order valence-electron chi connectivity index (χ2n) is 7.32. The van der Waals surface area contributed by atoms with Gasteiger partial charge in [0.05, 0.1) is 6.61 Å². The highest BCUT2D eigenvalue weighted by molar-refractivity contribution is 7.97. The predicted octanol–water partition coefficient (Wildman–Crippen LogP) is 3.66. The maximum Gasteiger partial charge on any atom is 0.324 e. The molecule has 1 heterocycles. The molecule has 2 aliphatic rings. The topological polar surface area (TPSA) is 70.7 Å². The molecule has 0 radical (unpaired) electrons. The summed E-state index contributed by atoms with van der Waals surface area (Å²) in [4.78, 5) is 24.4. The molecule has 1 saturated heterocycles. The normalized spacial score (nSPS) is 18.4. The van der Waals surface area contributed by atoms with Crippen molar-refractivity contribution in [3.63, 3.8) is 0 Å². The van der Waals surface area contributed by atoms with Crippen molar-refractivity contribution in [2.24, 2.45) is 5.92 Å². The molecule has 1 aliphatic heterocycles. The van der Waals surface area contributed by atoms with Crippen LogP contribution in [-0.4, -0.2) is 42.3 Å². The van der Waals surface area contributed by atoms with E-state index in [-0.39, 0.29) is 18.0 Å². The molecule has 0 aromatic heterocycles. The number of nitrogens with one attached hydrogen (secondary N) is 2. The van der Waals surface area contributed by atoms with E-state index in [1.165, 1.54) is 18.4 Å². The number of imide groups is 1. The Balaban J connectivity index is 1.29. The summed E-state index contributed by atoms with van der Waals surface area (Å²) in [5.41, 5.74) is 1.22. The smallest absolute Gasteiger partial charge is 0.324 e. The third-order valence-electron chi connectivity index (χ3n) is 4.82. The van der Waals surface area contributed by atoms with Gasteiger partial charge >= 0.3 is 6.03 Å². The molecule has 7 heteroatoms. The third kappa shape index (κ3) is 6.87. The number of benzene rings is 1. The number of hydrogen-bond donors (Lipinski definition) is 2. The molecule has 3 rings (SSSR count). The standard InChI is InChI=1S/C21H29N3O3S/c1-16(18-6-5-7-19(14-18)27-15-17-8-9-17)23-28-13-4-2-3-11-24-12-10-20(25)22-21(24)26/h2-3,5-7,14,16-17,23H,4,8-13,15H2,1H3,(H,22,25,26)/b3-2+. The maximum absolute atomic E-state index is 11.6. The number of hydrogen-bond acceptors (Lipinski definition) is 5. The Hall–Kier alpha value is -1.99. The highest BCUT2D eigenvalue weighted by Crippen LogP contribution is 2.30. The van der Waals surface area contributed by atoms with Crippen LogP contribution in [0, 0.1) is 5.92 Å². The van der Waals surface area contributed by atoms with Crippen LogP contribution in [0.3, 0.4) is 0 Å². The van der Waals surface area contributed by atoms with Crippen LogP contribution in [0.2, 0.25) is 0 Å². The van der Waals surface area contributed by atoms with Gasteiger partial charge in [-0.15, -0.1) is 0 Å². The number of rotatable bonds is 11.